The predicted octanol–water partition coefficient (Wildman–Crippen LogP) is 3.41. The molecule has 8 heteroatoms. The summed E-state index contributed by atoms with van der Waals surface area (Å²) in [6, 6.07) is 8.05. The van der Waals surface area contributed by atoms with Gasteiger partial charge in [-0.3, -0.25) is 4.55 Å². The van der Waals surface area contributed by atoms with Crippen molar-refractivity contribution < 1.29 is 13.0 Å². The number of hydrogen-bond donors (Lipinski definition) is 2. The molecular formula is C20H30N4O3S. The number of nitrogens with zero attached hydrogens (tertiary/aromatic N) is 3. The van der Waals surface area contributed by atoms with Crippen molar-refractivity contribution in [2.24, 2.45) is 0 Å². The first-order valence-electron chi connectivity index (χ1n) is 9.86. The maximum atomic E-state index is 10.5. The Balaban J connectivity index is 0.000000178. The minimum absolute atomic E-state index is 0.0666. The van der Waals surface area contributed by atoms with E-state index in [1.165, 1.54) is 37.8 Å². The molecule has 154 valence electrons. The van der Waals surface area contributed by atoms with Crippen LogP contribution in [-0.2, 0) is 10.1 Å². The Labute approximate surface area is 167 Å². The molecule has 0 radical (unpaired) electrons. The zero-order chi connectivity index (χ0) is 20.5. The van der Waals surface area contributed by atoms with Crippen molar-refractivity contribution in [3.8, 4) is 0 Å². The first-order chi connectivity index (χ1) is 13.1. The average molecular weight is 407 g/mol. The van der Waals surface area contributed by atoms with Gasteiger partial charge in [0, 0.05) is 24.0 Å². The molecule has 1 aromatic carbocycles. The minimum atomic E-state index is -4.02. The van der Waals surface area contributed by atoms with Crippen molar-refractivity contribution in [3.63, 3.8) is 0 Å². The van der Waals surface area contributed by atoms with Crippen molar-refractivity contribution in [2.45, 2.75) is 82.3 Å². The molecule has 2 aromatic rings. The Morgan fingerprint density at radius 3 is 2.14 bits per heavy atom. The first kappa shape index (κ1) is 21.0. The van der Waals surface area contributed by atoms with E-state index in [4.69, 9.17) is 4.55 Å². The fourth-order valence-corrected chi connectivity index (χ4v) is 4.66. The molecule has 0 spiro atoms. The fraction of sp³-hybridized carbons (Fsp3) is 0.600. The van der Waals surface area contributed by atoms with Gasteiger partial charge in [-0.2, -0.15) is 8.42 Å². The quantitative estimate of drug-likeness (QED) is 0.758. The summed E-state index contributed by atoms with van der Waals surface area (Å²) in [4.78, 5) is -0.0666. The second-order valence-corrected chi connectivity index (χ2v) is 9.60. The van der Waals surface area contributed by atoms with E-state index in [1.54, 1.807) is 12.1 Å². The predicted molar refractivity (Wildman–Crippen MR) is 108 cm³/mol. The molecule has 2 N–H and O–H groups in total. The van der Waals surface area contributed by atoms with Crippen molar-refractivity contribution in [2.75, 3.05) is 0 Å². The summed E-state index contributed by atoms with van der Waals surface area (Å²) < 4.78 is 32.0. The van der Waals surface area contributed by atoms with Gasteiger partial charge in [-0.05, 0) is 51.7 Å². The molecule has 4 rings (SSSR count). The van der Waals surface area contributed by atoms with Crippen LogP contribution in [0.5, 0.6) is 0 Å². The largest absolute Gasteiger partial charge is 0.312 e. The topological polar surface area (TPSA) is 97.1 Å². The lowest BCUT2D eigenvalue weighted by Crippen LogP contribution is -2.39. The van der Waals surface area contributed by atoms with E-state index in [0.717, 1.165) is 29.3 Å². The van der Waals surface area contributed by atoms with Crippen LogP contribution < -0.4 is 5.32 Å². The zero-order valence-electron chi connectivity index (χ0n) is 17.0. The van der Waals surface area contributed by atoms with Gasteiger partial charge in [-0.25, -0.2) is 0 Å². The van der Waals surface area contributed by atoms with Gasteiger partial charge in [0.05, 0.1) is 4.90 Å². The molecule has 2 aliphatic rings. The second kappa shape index (κ2) is 8.31. The van der Waals surface area contributed by atoms with Gasteiger partial charge in [-0.15, -0.1) is 10.2 Å². The highest BCUT2D eigenvalue weighted by atomic mass is 32.2. The number of nitrogens with one attached hydrogen (secondary N) is 1. The SMILES string of the molecule is Cc1ccc(S(=O)(=O)O)cc1.Cc1nnc(C(C)C)n1C1CC2CC[C@@H](C1)N2. The van der Waals surface area contributed by atoms with E-state index < -0.39 is 10.1 Å². The zero-order valence-corrected chi connectivity index (χ0v) is 17.8. The molecule has 2 aliphatic heterocycles. The lowest BCUT2D eigenvalue weighted by Gasteiger charge is -2.31. The van der Waals surface area contributed by atoms with Gasteiger partial charge in [0.25, 0.3) is 10.1 Å². The number of benzene rings is 1. The highest BCUT2D eigenvalue weighted by molar-refractivity contribution is 7.85. The molecule has 2 bridgehead atoms. The van der Waals surface area contributed by atoms with Crippen LogP contribution in [-0.4, -0.2) is 39.8 Å². The summed E-state index contributed by atoms with van der Waals surface area (Å²) in [7, 11) is -4.02. The number of aromatic nitrogens is 3. The van der Waals surface area contributed by atoms with Crippen LogP contribution in [0.3, 0.4) is 0 Å². The number of piperidine rings is 1. The minimum Gasteiger partial charge on any atom is -0.312 e. The third kappa shape index (κ3) is 4.79. The standard InChI is InChI=1S/C13H22N4.C7H8O3S/c1-8(2)13-16-15-9(3)17(13)12-6-10-4-5-11(7-12)14-10;1-6-2-4-7(5-3-6)11(8,9)10/h8,10-12,14H,4-7H2,1-3H3;2-5H,1H3,(H,8,9,10)/t10-,11?,12?;/m0./s1. The molecule has 0 saturated carbocycles. The number of hydrogen-bond acceptors (Lipinski definition) is 5. The van der Waals surface area contributed by atoms with Crippen LogP contribution >= 0.6 is 0 Å². The summed E-state index contributed by atoms with van der Waals surface area (Å²) in [5.41, 5.74) is 0.956. The molecule has 7 nitrogen and oxygen atoms in total. The van der Waals surface area contributed by atoms with Gasteiger partial charge >= 0.3 is 0 Å². The fourth-order valence-electron chi connectivity index (χ4n) is 4.18. The molecule has 2 saturated heterocycles. The molecule has 28 heavy (non-hydrogen) atoms. The maximum Gasteiger partial charge on any atom is 0.294 e. The molecule has 3 atom stereocenters. The highest BCUT2D eigenvalue weighted by Gasteiger charge is 2.35. The van der Waals surface area contributed by atoms with Crippen LogP contribution in [0.15, 0.2) is 29.2 Å². The number of aryl methyl sites for hydroxylation is 2. The summed E-state index contributed by atoms with van der Waals surface area (Å²) in [6.07, 6.45) is 5.18. The summed E-state index contributed by atoms with van der Waals surface area (Å²) in [5, 5.41) is 12.3. The van der Waals surface area contributed by atoms with Gasteiger partial charge in [0.2, 0.25) is 0 Å². The number of rotatable bonds is 3. The molecule has 1 aromatic heterocycles. The third-order valence-corrected chi connectivity index (χ3v) is 6.41. The van der Waals surface area contributed by atoms with Crippen molar-refractivity contribution >= 4 is 10.1 Å². The van der Waals surface area contributed by atoms with Gasteiger partial charge in [0.1, 0.15) is 11.6 Å². The van der Waals surface area contributed by atoms with Gasteiger partial charge in [0.15, 0.2) is 0 Å². The van der Waals surface area contributed by atoms with E-state index >= 15 is 0 Å². The Morgan fingerprint density at radius 2 is 1.64 bits per heavy atom. The molecule has 0 aliphatic carbocycles. The van der Waals surface area contributed by atoms with Crippen LogP contribution in [0.25, 0.3) is 0 Å². The normalized spacial score (nSPS) is 24.1. The van der Waals surface area contributed by atoms with Gasteiger partial charge in [-0.1, -0.05) is 31.5 Å². The lowest BCUT2D eigenvalue weighted by atomic mass is 9.98. The Kier molecular flexibility index (Phi) is 6.21. The van der Waals surface area contributed by atoms with Crippen LogP contribution in [0.1, 0.15) is 68.7 Å². The Bertz CT molecular complexity index is 894. The summed E-state index contributed by atoms with van der Waals surface area (Å²) in [5.74, 6) is 2.71. The van der Waals surface area contributed by atoms with Crippen molar-refractivity contribution in [1.82, 2.24) is 20.1 Å². The molecule has 2 unspecified atom stereocenters. The molecule has 3 heterocycles. The van der Waals surface area contributed by atoms with E-state index in [9.17, 15) is 8.42 Å². The van der Waals surface area contributed by atoms with E-state index in [1.807, 2.05) is 6.92 Å². The Morgan fingerprint density at radius 1 is 1.07 bits per heavy atom. The average Bonchev–Trinajstić information content (AvgIpc) is 3.17. The smallest absolute Gasteiger partial charge is 0.294 e. The highest BCUT2D eigenvalue weighted by Crippen LogP contribution is 2.35. The van der Waals surface area contributed by atoms with Gasteiger partial charge < -0.3 is 9.88 Å². The van der Waals surface area contributed by atoms with Crippen molar-refractivity contribution in [3.05, 3.63) is 41.5 Å². The van der Waals surface area contributed by atoms with E-state index in [-0.39, 0.29) is 4.90 Å². The van der Waals surface area contributed by atoms with Crippen LogP contribution in [0.4, 0.5) is 0 Å². The monoisotopic (exact) mass is 406 g/mol. The summed E-state index contributed by atoms with van der Waals surface area (Å²) in [6.45, 7) is 8.34. The number of fused-ring (bicyclic) bond motifs is 2. The van der Waals surface area contributed by atoms with Crippen LogP contribution in [0.2, 0.25) is 0 Å². The van der Waals surface area contributed by atoms with Crippen LogP contribution in [0, 0.1) is 13.8 Å². The maximum absolute atomic E-state index is 10.5. The second-order valence-electron chi connectivity index (χ2n) is 8.18. The van der Waals surface area contributed by atoms with E-state index in [0.29, 0.717) is 12.0 Å². The first-order valence-corrected chi connectivity index (χ1v) is 11.3. The lowest BCUT2D eigenvalue weighted by molar-refractivity contribution is 0.288. The molecule has 0 amide bonds. The summed E-state index contributed by atoms with van der Waals surface area (Å²) >= 11 is 0. The van der Waals surface area contributed by atoms with E-state index in [2.05, 4.69) is 40.9 Å². The molecular weight excluding hydrogens is 376 g/mol. The van der Waals surface area contributed by atoms with Crippen molar-refractivity contribution in [1.29, 1.82) is 0 Å². The molecule has 2 fully saturated rings. The Hall–Kier alpha value is -1.77. The third-order valence-electron chi connectivity index (χ3n) is 5.54.